The number of halogens is 1. The number of hydrogen-bond donors (Lipinski definition) is 4. The summed E-state index contributed by atoms with van der Waals surface area (Å²) in [5.41, 5.74) is 5.53. The Labute approximate surface area is 145 Å². The minimum absolute atomic E-state index is 0.0404. The second kappa shape index (κ2) is 5.90. The second-order valence-electron chi connectivity index (χ2n) is 5.50. The van der Waals surface area contributed by atoms with E-state index in [1.807, 2.05) is 0 Å². The standard InChI is InChI=1S/C13H16ClN3O5S2/c14-8-1-2-10-9(7-8)12(11(16-10)13(15)18)24(21,22)17-3-5-23(19,20)6-4-17/h1-2,7,16,19-20H,3-6H2,(H2,15,18). The zero-order valence-corrected chi connectivity index (χ0v) is 14.8. The molecule has 0 unspecified atom stereocenters. The Morgan fingerprint density at radius 3 is 2.50 bits per heavy atom. The number of carbonyl (C=O) groups is 1. The van der Waals surface area contributed by atoms with E-state index in [4.69, 9.17) is 17.3 Å². The maximum atomic E-state index is 13.0. The van der Waals surface area contributed by atoms with Gasteiger partial charge >= 0.3 is 0 Å². The Hall–Kier alpha value is -1.30. The Bertz CT molecular complexity index is 915. The van der Waals surface area contributed by atoms with Crippen molar-refractivity contribution >= 4 is 49.0 Å². The van der Waals surface area contributed by atoms with E-state index in [1.54, 1.807) is 12.1 Å². The molecule has 1 fully saturated rings. The van der Waals surface area contributed by atoms with Crippen molar-refractivity contribution < 1.29 is 22.3 Å². The summed E-state index contributed by atoms with van der Waals surface area (Å²) in [6.45, 7) is -0.0911. The fraction of sp³-hybridized carbons (Fsp3) is 0.308. The smallest absolute Gasteiger partial charge is 0.266 e. The van der Waals surface area contributed by atoms with Crippen LogP contribution in [-0.4, -0.2) is 57.3 Å². The number of rotatable bonds is 3. The lowest BCUT2D eigenvalue weighted by Gasteiger charge is -2.40. The van der Waals surface area contributed by atoms with Crippen molar-refractivity contribution in [3.8, 4) is 0 Å². The summed E-state index contributed by atoms with van der Waals surface area (Å²) < 4.78 is 46.5. The van der Waals surface area contributed by atoms with Gasteiger partial charge in [0.1, 0.15) is 10.6 Å². The van der Waals surface area contributed by atoms with E-state index < -0.39 is 26.5 Å². The van der Waals surface area contributed by atoms with Gasteiger partial charge in [-0.15, -0.1) is 0 Å². The molecule has 11 heteroatoms. The fourth-order valence-electron chi connectivity index (χ4n) is 2.66. The quantitative estimate of drug-likeness (QED) is 0.628. The van der Waals surface area contributed by atoms with Crippen molar-refractivity contribution in [1.82, 2.24) is 9.29 Å². The number of nitrogens with one attached hydrogen (secondary N) is 1. The lowest BCUT2D eigenvalue weighted by Crippen LogP contribution is -2.42. The number of hydrogen-bond acceptors (Lipinski definition) is 5. The van der Waals surface area contributed by atoms with Gasteiger partial charge in [-0.3, -0.25) is 13.9 Å². The first-order valence-corrected chi connectivity index (χ1v) is 10.7. The first kappa shape index (κ1) is 17.5. The zero-order chi connectivity index (χ0) is 17.7. The Morgan fingerprint density at radius 1 is 1.29 bits per heavy atom. The molecule has 0 spiro atoms. The Balaban J connectivity index is 2.15. The number of nitrogens with two attached hydrogens (primary N) is 1. The van der Waals surface area contributed by atoms with Gasteiger partial charge in [-0.1, -0.05) is 11.6 Å². The van der Waals surface area contributed by atoms with Crippen LogP contribution in [0.1, 0.15) is 10.5 Å². The van der Waals surface area contributed by atoms with Crippen LogP contribution in [0.5, 0.6) is 0 Å². The van der Waals surface area contributed by atoms with Gasteiger partial charge in [-0.2, -0.15) is 14.9 Å². The number of benzene rings is 1. The van der Waals surface area contributed by atoms with E-state index in [9.17, 15) is 22.3 Å². The van der Waals surface area contributed by atoms with Gasteiger partial charge in [0.05, 0.1) is 11.5 Å². The summed E-state index contributed by atoms with van der Waals surface area (Å²) in [5, 5.41) is 0.593. The third-order valence-corrected chi connectivity index (χ3v) is 7.79. The van der Waals surface area contributed by atoms with Gasteiger partial charge < -0.3 is 10.7 Å². The van der Waals surface area contributed by atoms with Gasteiger partial charge in [0.2, 0.25) is 10.0 Å². The third-order valence-electron chi connectivity index (χ3n) is 3.89. The molecule has 1 aromatic carbocycles. The van der Waals surface area contributed by atoms with E-state index in [0.29, 0.717) is 10.5 Å². The average Bonchev–Trinajstić information content (AvgIpc) is 2.86. The predicted molar refractivity (Wildman–Crippen MR) is 93.2 cm³/mol. The number of amides is 1. The summed E-state index contributed by atoms with van der Waals surface area (Å²) in [5.74, 6) is -0.982. The number of primary amides is 1. The number of nitrogens with zero attached hydrogens (tertiary/aromatic N) is 1. The molecule has 0 bridgehead atoms. The van der Waals surface area contributed by atoms with Gasteiger partial charge in [0, 0.05) is 29.0 Å². The topological polar surface area (TPSA) is 137 Å². The second-order valence-corrected chi connectivity index (χ2v) is 10.2. The number of aromatic amines is 1. The molecule has 8 nitrogen and oxygen atoms in total. The summed E-state index contributed by atoms with van der Waals surface area (Å²) in [4.78, 5) is 14.2. The van der Waals surface area contributed by atoms with E-state index in [0.717, 1.165) is 4.31 Å². The molecule has 1 aliphatic rings. The highest BCUT2D eigenvalue weighted by Crippen LogP contribution is 2.42. The molecule has 2 heterocycles. The minimum Gasteiger partial charge on any atom is -0.364 e. The predicted octanol–water partition coefficient (Wildman–Crippen LogP) is 1.68. The number of aromatic nitrogens is 1. The van der Waals surface area contributed by atoms with E-state index >= 15 is 0 Å². The highest BCUT2D eigenvalue weighted by atomic mass is 35.5. The molecule has 0 radical (unpaired) electrons. The molecule has 1 aliphatic heterocycles. The number of sulfonamides is 1. The molecule has 1 aromatic heterocycles. The van der Waals surface area contributed by atoms with Crippen LogP contribution >= 0.6 is 22.2 Å². The molecular formula is C13H16ClN3O5S2. The van der Waals surface area contributed by atoms with E-state index in [2.05, 4.69) is 4.98 Å². The summed E-state index contributed by atoms with van der Waals surface area (Å²) in [6.07, 6.45) is 0. The zero-order valence-electron chi connectivity index (χ0n) is 12.4. The number of fused-ring (bicyclic) bond motifs is 1. The first-order valence-electron chi connectivity index (χ1n) is 6.96. The van der Waals surface area contributed by atoms with Crippen LogP contribution in [0.3, 0.4) is 0 Å². The van der Waals surface area contributed by atoms with Crippen molar-refractivity contribution in [3.63, 3.8) is 0 Å². The van der Waals surface area contributed by atoms with Gasteiger partial charge in [0.25, 0.3) is 5.91 Å². The molecule has 0 atom stereocenters. The van der Waals surface area contributed by atoms with Crippen molar-refractivity contribution in [2.75, 3.05) is 24.6 Å². The van der Waals surface area contributed by atoms with Crippen molar-refractivity contribution in [1.29, 1.82) is 0 Å². The van der Waals surface area contributed by atoms with E-state index in [-0.39, 0.29) is 40.6 Å². The molecule has 3 rings (SSSR count). The Morgan fingerprint density at radius 2 is 1.92 bits per heavy atom. The molecule has 132 valence electrons. The fourth-order valence-corrected chi connectivity index (χ4v) is 6.07. The maximum absolute atomic E-state index is 13.0. The first-order chi connectivity index (χ1) is 11.1. The SMILES string of the molecule is NC(=O)c1[nH]c2ccc(Cl)cc2c1S(=O)(=O)N1CCS(O)(O)CC1. The number of carbonyl (C=O) groups excluding carboxylic acids is 1. The van der Waals surface area contributed by atoms with Crippen LogP contribution in [0.4, 0.5) is 0 Å². The van der Waals surface area contributed by atoms with Gasteiger partial charge in [0.15, 0.2) is 0 Å². The molecule has 0 saturated carbocycles. The van der Waals surface area contributed by atoms with Crippen LogP contribution in [0.25, 0.3) is 10.9 Å². The molecule has 1 saturated heterocycles. The van der Waals surface area contributed by atoms with Crippen LogP contribution in [-0.2, 0) is 10.0 Å². The van der Waals surface area contributed by atoms with Crippen LogP contribution in [0.2, 0.25) is 5.02 Å². The molecule has 0 aliphatic carbocycles. The maximum Gasteiger partial charge on any atom is 0.266 e. The normalized spacial score (nSPS) is 20.1. The van der Waals surface area contributed by atoms with Crippen molar-refractivity contribution in [2.24, 2.45) is 5.73 Å². The molecule has 5 N–H and O–H groups in total. The molecule has 24 heavy (non-hydrogen) atoms. The lowest BCUT2D eigenvalue weighted by atomic mass is 10.2. The summed E-state index contributed by atoms with van der Waals surface area (Å²) in [6, 6.07) is 4.58. The lowest BCUT2D eigenvalue weighted by molar-refractivity contribution is 0.0993. The van der Waals surface area contributed by atoms with Gasteiger partial charge in [-0.25, -0.2) is 8.42 Å². The Kier molecular flexibility index (Phi) is 4.31. The monoisotopic (exact) mass is 393 g/mol. The van der Waals surface area contributed by atoms with Crippen LogP contribution in [0.15, 0.2) is 23.1 Å². The summed E-state index contributed by atoms with van der Waals surface area (Å²) in [7, 11) is -6.80. The minimum atomic E-state index is -4.05. The molecular weight excluding hydrogens is 378 g/mol. The van der Waals surface area contributed by atoms with Crippen LogP contribution in [0, 0.1) is 0 Å². The van der Waals surface area contributed by atoms with Crippen LogP contribution < -0.4 is 5.73 Å². The summed E-state index contributed by atoms with van der Waals surface area (Å²) >= 11 is 5.95. The number of H-pyrrole nitrogens is 1. The largest absolute Gasteiger partial charge is 0.364 e. The third kappa shape index (κ3) is 3.01. The average molecular weight is 394 g/mol. The highest BCUT2D eigenvalue weighted by molar-refractivity contribution is 8.24. The van der Waals surface area contributed by atoms with Gasteiger partial charge in [-0.05, 0) is 18.2 Å². The molecule has 2 aromatic rings. The highest BCUT2D eigenvalue weighted by Gasteiger charge is 2.36. The van der Waals surface area contributed by atoms with Crippen molar-refractivity contribution in [2.45, 2.75) is 4.90 Å². The molecule has 1 amide bonds. The van der Waals surface area contributed by atoms with E-state index in [1.165, 1.54) is 6.07 Å². The van der Waals surface area contributed by atoms with Crippen molar-refractivity contribution in [3.05, 3.63) is 28.9 Å².